The highest BCUT2D eigenvalue weighted by Gasteiger charge is 2.19. The van der Waals surface area contributed by atoms with Crippen LogP contribution in [-0.2, 0) is 25.9 Å². The lowest BCUT2D eigenvalue weighted by Crippen LogP contribution is -2.13. The SMILES string of the molecule is COc1ccc(OC)c(Sc2nc3c(N)ncnc3n2CCc2ccc(-c3ccccc3)cc2)c1.COc1ccc(OC)c(Sc2nc3c([nH]2)c(=N)ncn3CCc2ccc(-c3ccccc3)cc2)c1. The molecule has 0 radical (unpaired) electrons. The minimum absolute atomic E-state index is 0.167. The summed E-state index contributed by atoms with van der Waals surface area (Å²) in [7, 11) is 6.56. The number of H-pyrrole nitrogens is 1. The molecular formula is C54H50N10O4S2. The second kappa shape index (κ2) is 21.9. The summed E-state index contributed by atoms with van der Waals surface area (Å²) in [4.78, 5) is 27.4. The summed E-state index contributed by atoms with van der Waals surface area (Å²) in [6.07, 6.45) is 4.80. The number of fused-ring (bicyclic) bond motifs is 2. The fraction of sp³-hybridized carbons (Fsp3) is 0.148. The molecule has 10 rings (SSSR count). The van der Waals surface area contributed by atoms with Crippen molar-refractivity contribution >= 4 is 51.7 Å². The molecule has 0 saturated carbocycles. The van der Waals surface area contributed by atoms with Crippen molar-refractivity contribution < 1.29 is 18.9 Å². The summed E-state index contributed by atoms with van der Waals surface area (Å²) in [5.74, 6) is 3.31. The van der Waals surface area contributed by atoms with Crippen molar-refractivity contribution in [3.05, 3.63) is 175 Å². The Morgan fingerprint density at radius 1 is 0.571 bits per heavy atom. The summed E-state index contributed by atoms with van der Waals surface area (Å²) in [6, 6.07) is 49.3. The molecule has 4 aromatic heterocycles. The average molecular weight is 967 g/mol. The smallest absolute Gasteiger partial charge is 0.175 e. The van der Waals surface area contributed by atoms with E-state index >= 15 is 0 Å². The van der Waals surface area contributed by atoms with Crippen molar-refractivity contribution in [2.75, 3.05) is 34.2 Å². The van der Waals surface area contributed by atoms with Gasteiger partial charge in [0, 0.05) is 13.1 Å². The number of anilines is 1. The molecule has 0 bridgehead atoms. The number of imidazole rings is 2. The first-order valence-electron chi connectivity index (χ1n) is 22.4. The van der Waals surface area contributed by atoms with Gasteiger partial charge in [-0.1, -0.05) is 109 Å². The molecule has 6 aromatic carbocycles. The maximum atomic E-state index is 8.25. The molecule has 70 heavy (non-hydrogen) atoms. The van der Waals surface area contributed by atoms with Crippen molar-refractivity contribution in [1.29, 1.82) is 5.41 Å². The molecule has 0 amide bonds. The third kappa shape index (κ3) is 10.8. The molecule has 0 fully saturated rings. The Bertz CT molecular complexity index is 3420. The van der Waals surface area contributed by atoms with Gasteiger partial charge in [0.2, 0.25) is 0 Å². The molecule has 352 valence electrons. The summed E-state index contributed by atoms with van der Waals surface area (Å²) in [6.45, 7) is 1.39. The lowest BCUT2D eigenvalue weighted by atomic mass is 10.0. The second-order valence-electron chi connectivity index (χ2n) is 15.9. The van der Waals surface area contributed by atoms with Crippen LogP contribution < -0.4 is 30.2 Å². The zero-order chi connectivity index (χ0) is 48.4. The number of nitrogen functional groups attached to an aromatic ring is 1. The van der Waals surface area contributed by atoms with Gasteiger partial charge >= 0.3 is 0 Å². The zero-order valence-corrected chi connectivity index (χ0v) is 40.6. The van der Waals surface area contributed by atoms with E-state index in [0.29, 0.717) is 46.4 Å². The van der Waals surface area contributed by atoms with Crippen LogP contribution in [0.5, 0.6) is 23.0 Å². The first kappa shape index (κ1) is 47.0. The predicted molar refractivity (Wildman–Crippen MR) is 276 cm³/mol. The van der Waals surface area contributed by atoms with Crippen LogP contribution in [0.4, 0.5) is 5.82 Å². The Balaban J connectivity index is 0.000000174. The molecule has 0 aliphatic carbocycles. The van der Waals surface area contributed by atoms with E-state index in [9.17, 15) is 0 Å². The van der Waals surface area contributed by atoms with E-state index in [2.05, 4.69) is 122 Å². The molecule has 0 aliphatic heterocycles. The highest BCUT2D eigenvalue weighted by molar-refractivity contribution is 7.99. The highest BCUT2D eigenvalue weighted by atomic mass is 32.2. The third-order valence-corrected chi connectivity index (χ3v) is 13.5. The quantitative estimate of drug-likeness (QED) is 0.0836. The van der Waals surface area contributed by atoms with Crippen LogP contribution >= 0.6 is 23.5 Å². The molecule has 16 heteroatoms. The van der Waals surface area contributed by atoms with Crippen molar-refractivity contribution in [3.8, 4) is 45.3 Å². The van der Waals surface area contributed by atoms with E-state index in [1.54, 1.807) is 34.8 Å². The van der Waals surface area contributed by atoms with Gasteiger partial charge in [0.25, 0.3) is 0 Å². The van der Waals surface area contributed by atoms with Crippen LogP contribution in [0.15, 0.2) is 178 Å². The van der Waals surface area contributed by atoms with Gasteiger partial charge in [0.05, 0.1) is 44.6 Å². The van der Waals surface area contributed by atoms with Gasteiger partial charge in [-0.2, -0.15) is 0 Å². The van der Waals surface area contributed by atoms with Crippen molar-refractivity contribution in [2.24, 2.45) is 0 Å². The lowest BCUT2D eigenvalue weighted by Gasteiger charge is -2.12. The van der Waals surface area contributed by atoms with Crippen LogP contribution in [0.25, 0.3) is 44.6 Å². The Morgan fingerprint density at radius 2 is 1.11 bits per heavy atom. The van der Waals surface area contributed by atoms with E-state index < -0.39 is 0 Å². The van der Waals surface area contributed by atoms with Gasteiger partial charge < -0.3 is 38.8 Å². The number of nitrogens with one attached hydrogen (secondary N) is 2. The normalized spacial score (nSPS) is 11.0. The maximum absolute atomic E-state index is 8.25. The van der Waals surface area contributed by atoms with Gasteiger partial charge in [-0.15, -0.1) is 0 Å². The number of benzene rings is 6. The second-order valence-corrected chi connectivity index (χ2v) is 17.9. The molecule has 0 spiro atoms. The van der Waals surface area contributed by atoms with Crippen molar-refractivity contribution in [2.45, 2.75) is 46.0 Å². The van der Waals surface area contributed by atoms with Crippen LogP contribution in [0.3, 0.4) is 0 Å². The number of hydrogen-bond donors (Lipinski definition) is 3. The van der Waals surface area contributed by atoms with Gasteiger partial charge in [-0.05, 0) is 106 Å². The van der Waals surface area contributed by atoms with Gasteiger partial charge in [-0.25, -0.2) is 24.9 Å². The number of methoxy groups -OCH3 is 4. The Morgan fingerprint density at radius 3 is 1.67 bits per heavy atom. The fourth-order valence-corrected chi connectivity index (χ4v) is 9.77. The van der Waals surface area contributed by atoms with E-state index in [1.165, 1.54) is 63.2 Å². The van der Waals surface area contributed by atoms with E-state index in [4.69, 9.17) is 40.1 Å². The first-order chi connectivity index (χ1) is 34.3. The molecule has 0 atom stereocenters. The molecule has 0 saturated heterocycles. The van der Waals surface area contributed by atoms with Crippen LogP contribution in [0.1, 0.15) is 11.1 Å². The number of aromatic amines is 1. The van der Waals surface area contributed by atoms with Crippen LogP contribution in [-0.4, -0.2) is 67.5 Å². The molecule has 0 unspecified atom stereocenters. The number of aromatic nitrogens is 8. The molecule has 4 N–H and O–H groups in total. The summed E-state index contributed by atoms with van der Waals surface area (Å²) >= 11 is 2.92. The number of nitrogens with zero attached hydrogens (tertiary/aromatic N) is 7. The standard InChI is InChI=1S/2C27H25N5O2S/c1-33-21-12-13-22(34-2)23(16-21)35-27-30-24-25(28)29-17-32(26(24)31-27)15-14-18-8-10-20(11-9-18)19-6-4-3-5-7-19;1-33-21-12-13-22(34-2)23(16-21)35-27-31-24-25(28)29-17-30-26(24)32(27)15-14-18-8-10-20(11-9-18)19-6-4-3-5-7-19/h3-13,16-17,28H,14-15H2,1-2H3,(H,30,31);3-13,16-17H,14-15H2,1-2H3,(H2,28,29,30). The number of hydrogen-bond acceptors (Lipinski definition) is 13. The lowest BCUT2D eigenvalue weighted by molar-refractivity contribution is 0.394. The monoisotopic (exact) mass is 966 g/mol. The van der Waals surface area contributed by atoms with E-state index in [-0.39, 0.29) is 5.49 Å². The minimum atomic E-state index is 0.167. The van der Waals surface area contributed by atoms with Gasteiger partial charge in [0.1, 0.15) is 34.8 Å². The first-order valence-corrected chi connectivity index (χ1v) is 24.0. The van der Waals surface area contributed by atoms with Crippen molar-refractivity contribution in [3.63, 3.8) is 0 Å². The molecular weight excluding hydrogens is 917 g/mol. The Labute approximate surface area is 413 Å². The topological polar surface area (TPSA) is 177 Å². The summed E-state index contributed by atoms with van der Waals surface area (Å²) < 4.78 is 25.9. The number of rotatable bonds is 16. The van der Waals surface area contributed by atoms with E-state index in [0.717, 1.165) is 50.8 Å². The van der Waals surface area contributed by atoms with Crippen molar-refractivity contribution in [1.82, 2.24) is 39.0 Å². The zero-order valence-electron chi connectivity index (χ0n) is 39.0. The van der Waals surface area contributed by atoms with Crippen LogP contribution in [0, 0.1) is 5.41 Å². The summed E-state index contributed by atoms with van der Waals surface area (Å²) in [5, 5.41) is 9.67. The molecule has 10 aromatic rings. The molecule has 4 heterocycles. The number of aryl methyl sites for hydroxylation is 4. The number of ether oxygens (including phenoxy) is 4. The largest absolute Gasteiger partial charge is 0.497 e. The van der Waals surface area contributed by atoms with Gasteiger partial charge in [-0.3, -0.25) is 5.41 Å². The predicted octanol–water partition coefficient (Wildman–Crippen LogP) is 10.8. The number of nitrogens with two attached hydrogens (primary N) is 1. The molecule has 0 aliphatic rings. The van der Waals surface area contributed by atoms with Crippen LogP contribution in [0.2, 0.25) is 0 Å². The third-order valence-electron chi connectivity index (χ3n) is 11.6. The van der Waals surface area contributed by atoms with Gasteiger partial charge in [0.15, 0.2) is 38.4 Å². The summed E-state index contributed by atoms with van der Waals surface area (Å²) in [5.41, 5.74) is 16.2. The Hall–Kier alpha value is -8.08. The average Bonchev–Trinajstić information content (AvgIpc) is 4.01. The molecule has 14 nitrogen and oxygen atoms in total. The fourth-order valence-electron chi connectivity index (χ4n) is 7.80. The minimum Gasteiger partial charge on any atom is -0.497 e. The maximum Gasteiger partial charge on any atom is 0.175 e. The Kier molecular flexibility index (Phi) is 14.7. The van der Waals surface area contributed by atoms with E-state index in [1.807, 2.05) is 53.1 Å². The highest BCUT2D eigenvalue weighted by Crippen LogP contribution is 2.39.